The Morgan fingerprint density at radius 3 is 2.39 bits per heavy atom. The van der Waals surface area contributed by atoms with Gasteiger partial charge in [-0.3, -0.25) is 14.5 Å². The molecule has 1 amide bonds. The van der Waals surface area contributed by atoms with Gasteiger partial charge in [0.15, 0.2) is 0 Å². The summed E-state index contributed by atoms with van der Waals surface area (Å²) in [4.78, 5) is 26.9. The normalized spacial score (nSPS) is 16.7. The number of piperazine rings is 1. The summed E-state index contributed by atoms with van der Waals surface area (Å²) in [6.07, 6.45) is 2.60. The first kappa shape index (κ1) is 15.4. The van der Waals surface area contributed by atoms with Crippen LogP contribution in [0.4, 0.5) is 0 Å². The number of hydrogen-bond acceptors (Lipinski definition) is 4. The molecule has 0 spiro atoms. The van der Waals surface area contributed by atoms with E-state index >= 15 is 0 Å². The Morgan fingerprint density at radius 2 is 1.83 bits per heavy atom. The van der Waals surface area contributed by atoms with Gasteiger partial charge in [0, 0.05) is 37.9 Å². The van der Waals surface area contributed by atoms with Crippen molar-refractivity contribution in [2.75, 3.05) is 45.2 Å². The Kier molecular flexibility index (Phi) is 7.27. The summed E-state index contributed by atoms with van der Waals surface area (Å²) in [5, 5.41) is 0.952. The molecule has 18 heavy (non-hydrogen) atoms. The number of carbonyl (C=O) groups is 2. The third kappa shape index (κ3) is 5.35. The van der Waals surface area contributed by atoms with Gasteiger partial charge in [-0.1, -0.05) is 15.9 Å². The molecule has 5 nitrogen and oxygen atoms in total. The molecule has 1 aliphatic rings. The van der Waals surface area contributed by atoms with Crippen LogP contribution in [0.15, 0.2) is 0 Å². The van der Waals surface area contributed by atoms with Crippen molar-refractivity contribution in [2.24, 2.45) is 0 Å². The van der Waals surface area contributed by atoms with Crippen LogP contribution in [0, 0.1) is 0 Å². The van der Waals surface area contributed by atoms with Crippen LogP contribution in [0.1, 0.15) is 19.3 Å². The van der Waals surface area contributed by atoms with Crippen molar-refractivity contribution in [1.29, 1.82) is 0 Å². The number of alkyl halides is 1. The summed E-state index contributed by atoms with van der Waals surface area (Å²) >= 11 is 3.36. The van der Waals surface area contributed by atoms with Gasteiger partial charge in [0.2, 0.25) is 5.91 Å². The van der Waals surface area contributed by atoms with Gasteiger partial charge in [-0.25, -0.2) is 0 Å². The first-order valence-electron chi connectivity index (χ1n) is 6.30. The fourth-order valence-corrected chi connectivity index (χ4v) is 2.33. The number of carbonyl (C=O) groups excluding carboxylic acids is 2. The smallest absolute Gasteiger partial charge is 0.319 e. The number of methoxy groups -OCH3 is 1. The van der Waals surface area contributed by atoms with E-state index in [0.717, 1.165) is 31.3 Å². The first-order valence-corrected chi connectivity index (χ1v) is 7.42. The molecule has 1 aliphatic heterocycles. The molecule has 0 N–H and O–H groups in total. The number of nitrogens with zero attached hydrogens (tertiary/aromatic N) is 2. The van der Waals surface area contributed by atoms with Crippen molar-refractivity contribution in [1.82, 2.24) is 9.80 Å². The molecule has 1 heterocycles. The molecule has 0 saturated carbocycles. The Bertz CT molecular complexity index is 278. The van der Waals surface area contributed by atoms with E-state index in [2.05, 4.69) is 20.7 Å². The van der Waals surface area contributed by atoms with Gasteiger partial charge in [-0.15, -0.1) is 0 Å². The molecule has 1 saturated heterocycles. The summed E-state index contributed by atoms with van der Waals surface area (Å²) in [6, 6.07) is 0. The van der Waals surface area contributed by atoms with Gasteiger partial charge in [0.05, 0.1) is 13.7 Å². The standard InChI is InChI=1S/C12H21BrN2O3/c1-18-12(17)10-14-6-8-15(9-7-14)11(16)4-2-3-5-13/h2-10H2,1H3. The number of rotatable bonds is 6. The summed E-state index contributed by atoms with van der Waals surface area (Å²) < 4.78 is 4.63. The number of amides is 1. The maximum atomic E-state index is 11.9. The minimum absolute atomic E-state index is 0.216. The van der Waals surface area contributed by atoms with Crippen LogP contribution in [0.3, 0.4) is 0 Å². The lowest BCUT2D eigenvalue weighted by Gasteiger charge is -2.34. The highest BCUT2D eigenvalue weighted by molar-refractivity contribution is 9.09. The maximum Gasteiger partial charge on any atom is 0.319 e. The minimum Gasteiger partial charge on any atom is -0.468 e. The van der Waals surface area contributed by atoms with Crippen molar-refractivity contribution in [3.63, 3.8) is 0 Å². The van der Waals surface area contributed by atoms with E-state index in [1.54, 1.807) is 0 Å². The van der Waals surface area contributed by atoms with Crippen LogP contribution in [0.25, 0.3) is 0 Å². The molecular weight excluding hydrogens is 300 g/mol. The summed E-state index contributed by atoms with van der Waals surface area (Å²) in [7, 11) is 1.39. The molecule has 0 aromatic carbocycles. The van der Waals surface area contributed by atoms with Crippen LogP contribution in [-0.4, -0.2) is 66.8 Å². The highest BCUT2D eigenvalue weighted by Crippen LogP contribution is 2.07. The fraction of sp³-hybridized carbons (Fsp3) is 0.833. The van der Waals surface area contributed by atoms with Crippen LogP contribution in [0.2, 0.25) is 0 Å². The summed E-state index contributed by atoms with van der Waals surface area (Å²) in [6.45, 7) is 3.25. The summed E-state index contributed by atoms with van der Waals surface area (Å²) in [5.74, 6) is 0.0146. The Hall–Kier alpha value is -0.620. The third-order valence-electron chi connectivity index (χ3n) is 3.08. The Balaban J connectivity index is 2.22. The van der Waals surface area contributed by atoms with Crippen LogP contribution >= 0.6 is 15.9 Å². The van der Waals surface area contributed by atoms with Crippen molar-refractivity contribution in [3.8, 4) is 0 Å². The topological polar surface area (TPSA) is 49.9 Å². The second kappa shape index (κ2) is 8.48. The zero-order valence-electron chi connectivity index (χ0n) is 10.9. The SMILES string of the molecule is COC(=O)CN1CCN(C(=O)CCCCBr)CC1. The molecule has 0 atom stereocenters. The lowest BCUT2D eigenvalue weighted by atomic mass is 10.2. The average Bonchev–Trinajstić information content (AvgIpc) is 2.39. The molecule has 0 aromatic rings. The number of unbranched alkanes of at least 4 members (excludes halogenated alkanes) is 1. The van der Waals surface area contributed by atoms with Crippen LogP contribution in [0.5, 0.6) is 0 Å². The molecule has 0 aliphatic carbocycles. The minimum atomic E-state index is -0.216. The lowest BCUT2D eigenvalue weighted by Crippen LogP contribution is -2.50. The van der Waals surface area contributed by atoms with Crippen LogP contribution < -0.4 is 0 Å². The quantitative estimate of drug-likeness (QED) is 0.414. The van der Waals surface area contributed by atoms with Crippen molar-refractivity contribution in [3.05, 3.63) is 0 Å². The molecular formula is C12H21BrN2O3. The van der Waals surface area contributed by atoms with Gasteiger partial charge < -0.3 is 9.64 Å². The van der Waals surface area contributed by atoms with Gasteiger partial charge in [-0.05, 0) is 12.8 Å². The monoisotopic (exact) mass is 320 g/mol. The first-order chi connectivity index (χ1) is 8.67. The van der Waals surface area contributed by atoms with Gasteiger partial charge in [0.25, 0.3) is 0 Å². The van der Waals surface area contributed by atoms with Gasteiger partial charge in [0.1, 0.15) is 0 Å². The Labute approximate surface area is 117 Å². The van der Waals surface area contributed by atoms with E-state index in [9.17, 15) is 9.59 Å². The Morgan fingerprint density at radius 1 is 1.17 bits per heavy atom. The van der Waals surface area contributed by atoms with Crippen molar-refractivity contribution in [2.45, 2.75) is 19.3 Å². The highest BCUT2D eigenvalue weighted by Gasteiger charge is 2.21. The largest absolute Gasteiger partial charge is 0.468 e. The predicted molar refractivity (Wildman–Crippen MR) is 72.7 cm³/mol. The second-order valence-electron chi connectivity index (χ2n) is 4.38. The molecule has 1 fully saturated rings. The van der Waals surface area contributed by atoms with Crippen molar-refractivity contribution >= 4 is 27.8 Å². The zero-order chi connectivity index (χ0) is 13.4. The number of esters is 1. The van der Waals surface area contributed by atoms with Gasteiger partial charge in [-0.2, -0.15) is 0 Å². The second-order valence-corrected chi connectivity index (χ2v) is 5.17. The number of halogens is 1. The molecule has 6 heteroatoms. The van der Waals surface area contributed by atoms with E-state index in [-0.39, 0.29) is 11.9 Å². The number of hydrogen-bond donors (Lipinski definition) is 0. The third-order valence-corrected chi connectivity index (χ3v) is 3.64. The zero-order valence-corrected chi connectivity index (χ0v) is 12.4. The number of ether oxygens (including phenoxy) is 1. The molecule has 1 rings (SSSR count). The molecule has 0 aromatic heterocycles. The van der Waals surface area contributed by atoms with E-state index in [1.807, 2.05) is 9.80 Å². The highest BCUT2D eigenvalue weighted by atomic mass is 79.9. The maximum absolute atomic E-state index is 11.9. The fourth-order valence-electron chi connectivity index (χ4n) is 1.93. The molecule has 0 unspecified atom stereocenters. The summed E-state index contributed by atoms with van der Waals surface area (Å²) in [5.41, 5.74) is 0. The lowest BCUT2D eigenvalue weighted by molar-refractivity contribution is -0.142. The predicted octanol–water partition coefficient (Wildman–Crippen LogP) is 0.869. The molecule has 0 radical (unpaired) electrons. The van der Waals surface area contributed by atoms with E-state index in [4.69, 9.17) is 0 Å². The van der Waals surface area contributed by atoms with E-state index in [1.165, 1.54) is 7.11 Å². The molecule has 104 valence electrons. The van der Waals surface area contributed by atoms with E-state index in [0.29, 0.717) is 26.1 Å². The van der Waals surface area contributed by atoms with E-state index < -0.39 is 0 Å². The van der Waals surface area contributed by atoms with Crippen molar-refractivity contribution < 1.29 is 14.3 Å². The molecule has 0 bridgehead atoms. The average molecular weight is 321 g/mol. The van der Waals surface area contributed by atoms with Crippen LogP contribution in [-0.2, 0) is 14.3 Å². The van der Waals surface area contributed by atoms with Gasteiger partial charge >= 0.3 is 5.97 Å².